The summed E-state index contributed by atoms with van der Waals surface area (Å²) in [5, 5.41) is 0. The van der Waals surface area contributed by atoms with Gasteiger partial charge in [-0.15, -0.1) is 0 Å². The molecule has 1 unspecified atom stereocenters. The third kappa shape index (κ3) is 10.8. The standard InChI is InChI=1S/C23H46N2/c1-4-6-8-10-11-12-13-14-15-17-19-23-24(3)21-22-25(23)20-18-16-9-7-5-2/h21-23H,4-20H2,1-3H3. The summed E-state index contributed by atoms with van der Waals surface area (Å²) in [5.41, 5.74) is 0. The van der Waals surface area contributed by atoms with Crippen molar-refractivity contribution < 1.29 is 0 Å². The van der Waals surface area contributed by atoms with E-state index in [2.05, 4.69) is 43.1 Å². The van der Waals surface area contributed by atoms with Gasteiger partial charge in [0.15, 0.2) is 0 Å². The van der Waals surface area contributed by atoms with E-state index in [4.69, 9.17) is 0 Å². The minimum atomic E-state index is 0.625. The van der Waals surface area contributed by atoms with Gasteiger partial charge in [0, 0.05) is 26.0 Å². The van der Waals surface area contributed by atoms with Crippen LogP contribution in [0, 0.1) is 0 Å². The van der Waals surface area contributed by atoms with Crippen molar-refractivity contribution in [2.45, 2.75) is 123 Å². The molecule has 1 atom stereocenters. The molecule has 1 rings (SSSR count). The van der Waals surface area contributed by atoms with Crippen molar-refractivity contribution in [1.29, 1.82) is 0 Å². The van der Waals surface area contributed by atoms with Gasteiger partial charge in [0.2, 0.25) is 0 Å². The molecule has 0 aromatic carbocycles. The van der Waals surface area contributed by atoms with Crippen LogP contribution in [0.15, 0.2) is 12.4 Å². The van der Waals surface area contributed by atoms with Crippen LogP contribution in [-0.2, 0) is 0 Å². The first-order valence-corrected chi connectivity index (χ1v) is 11.5. The molecule has 1 aliphatic rings. The monoisotopic (exact) mass is 350 g/mol. The molecule has 0 radical (unpaired) electrons. The Hall–Kier alpha value is -0.660. The zero-order valence-corrected chi connectivity index (χ0v) is 17.6. The second-order valence-electron chi connectivity index (χ2n) is 8.07. The molecule has 0 bridgehead atoms. The summed E-state index contributed by atoms with van der Waals surface area (Å²) in [6, 6.07) is 0. The van der Waals surface area contributed by atoms with Crippen LogP contribution in [0.25, 0.3) is 0 Å². The maximum absolute atomic E-state index is 2.58. The lowest BCUT2D eigenvalue weighted by Crippen LogP contribution is -2.37. The van der Waals surface area contributed by atoms with E-state index in [-0.39, 0.29) is 0 Å². The van der Waals surface area contributed by atoms with E-state index in [0.29, 0.717) is 6.17 Å². The van der Waals surface area contributed by atoms with Crippen LogP contribution < -0.4 is 0 Å². The van der Waals surface area contributed by atoms with E-state index in [1.807, 2.05) is 0 Å². The fraction of sp³-hybridized carbons (Fsp3) is 0.913. The average molecular weight is 351 g/mol. The zero-order chi connectivity index (χ0) is 18.2. The second-order valence-corrected chi connectivity index (χ2v) is 8.07. The van der Waals surface area contributed by atoms with Crippen molar-refractivity contribution in [2.24, 2.45) is 0 Å². The molecule has 25 heavy (non-hydrogen) atoms. The van der Waals surface area contributed by atoms with Crippen LogP contribution in [0.4, 0.5) is 0 Å². The molecule has 2 nitrogen and oxygen atoms in total. The lowest BCUT2D eigenvalue weighted by atomic mass is 10.0. The molecule has 0 amide bonds. The normalized spacial score (nSPS) is 17.0. The summed E-state index contributed by atoms with van der Waals surface area (Å²) in [6.45, 7) is 5.83. The molecule has 148 valence electrons. The molecule has 0 saturated heterocycles. The average Bonchev–Trinajstić information content (AvgIpc) is 2.96. The summed E-state index contributed by atoms with van der Waals surface area (Å²) >= 11 is 0. The van der Waals surface area contributed by atoms with E-state index in [9.17, 15) is 0 Å². The first-order chi connectivity index (χ1) is 12.3. The number of hydrogen-bond acceptors (Lipinski definition) is 2. The fourth-order valence-corrected chi connectivity index (χ4v) is 3.93. The van der Waals surface area contributed by atoms with Gasteiger partial charge in [-0.2, -0.15) is 0 Å². The first kappa shape index (κ1) is 22.4. The summed E-state index contributed by atoms with van der Waals surface area (Å²) < 4.78 is 0. The van der Waals surface area contributed by atoms with Gasteiger partial charge in [0.1, 0.15) is 6.17 Å². The first-order valence-electron chi connectivity index (χ1n) is 11.5. The van der Waals surface area contributed by atoms with Gasteiger partial charge in [-0.3, -0.25) is 0 Å². The van der Waals surface area contributed by atoms with Crippen molar-refractivity contribution in [3.8, 4) is 0 Å². The maximum atomic E-state index is 2.58. The second kappa shape index (κ2) is 15.6. The van der Waals surface area contributed by atoms with Crippen LogP contribution in [-0.4, -0.2) is 29.6 Å². The summed E-state index contributed by atoms with van der Waals surface area (Å²) in [5.74, 6) is 0. The molecule has 2 heteroatoms. The van der Waals surface area contributed by atoms with Crippen molar-refractivity contribution >= 4 is 0 Å². The largest absolute Gasteiger partial charge is 0.359 e. The molecule has 0 aromatic heterocycles. The summed E-state index contributed by atoms with van der Waals surface area (Å²) in [6.07, 6.45) is 27.8. The van der Waals surface area contributed by atoms with Gasteiger partial charge in [-0.1, -0.05) is 97.3 Å². The Balaban J connectivity index is 2.00. The quantitative estimate of drug-likeness (QED) is 0.254. The SMILES string of the molecule is CCCCCCCCCCCCC1N(C)C=CN1CCCCCCC. The Kier molecular flexibility index (Phi) is 14.0. The lowest BCUT2D eigenvalue weighted by molar-refractivity contribution is 0.159. The fourth-order valence-electron chi connectivity index (χ4n) is 3.93. The predicted octanol–water partition coefficient (Wildman–Crippen LogP) is 7.31. The highest BCUT2D eigenvalue weighted by molar-refractivity contribution is 4.95. The van der Waals surface area contributed by atoms with Crippen LogP contribution in [0.2, 0.25) is 0 Å². The van der Waals surface area contributed by atoms with Crippen molar-refractivity contribution in [2.75, 3.05) is 13.6 Å². The molecule has 0 fully saturated rings. The van der Waals surface area contributed by atoms with E-state index >= 15 is 0 Å². The van der Waals surface area contributed by atoms with Gasteiger partial charge in [0.05, 0.1) is 0 Å². The highest BCUT2D eigenvalue weighted by atomic mass is 15.4. The lowest BCUT2D eigenvalue weighted by Gasteiger charge is -2.30. The predicted molar refractivity (Wildman–Crippen MR) is 113 cm³/mol. The Bertz CT molecular complexity index is 313. The van der Waals surface area contributed by atoms with Crippen LogP contribution in [0.5, 0.6) is 0 Å². The topological polar surface area (TPSA) is 6.48 Å². The Morgan fingerprint density at radius 2 is 1.08 bits per heavy atom. The third-order valence-corrected chi connectivity index (χ3v) is 5.68. The maximum Gasteiger partial charge on any atom is 0.100 e. The van der Waals surface area contributed by atoms with Crippen molar-refractivity contribution in [1.82, 2.24) is 9.80 Å². The van der Waals surface area contributed by atoms with Crippen LogP contribution >= 0.6 is 0 Å². The highest BCUT2D eigenvalue weighted by Gasteiger charge is 2.22. The van der Waals surface area contributed by atoms with Gasteiger partial charge < -0.3 is 9.80 Å². The minimum absolute atomic E-state index is 0.625. The van der Waals surface area contributed by atoms with Gasteiger partial charge in [0.25, 0.3) is 0 Å². The number of nitrogens with zero attached hydrogens (tertiary/aromatic N) is 2. The van der Waals surface area contributed by atoms with E-state index in [1.54, 1.807) is 0 Å². The molecule has 1 aliphatic heterocycles. The number of unbranched alkanes of at least 4 members (excludes halogenated alkanes) is 13. The number of rotatable bonds is 17. The van der Waals surface area contributed by atoms with Gasteiger partial charge in [-0.25, -0.2) is 0 Å². The Morgan fingerprint density at radius 1 is 0.600 bits per heavy atom. The van der Waals surface area contributed by atoms with Gasteiger partial charge >= 0.3 is 0 Å². The van der Waals surface area contributed by atoms with Crippen LogP contribution in [0.1, 0.15) is 117 Å². The smallest absolute Gasteiger partial charge is 0.100 e. The molecule has 0 aromatic rings. The molecular weight excluding hydrogens is 304 g/mol. The van der Waals surface area contributed by atoms with E-state index in [1.165, 1.54) is 109 Å². The molecule has 0 spiro atoms. The summed E-state index contributed by atoms with van der Waals surface area (Å²) in [4.78, 5) is 5.00. The highest BCUT2D eigenvalue weighted by Crippen LogP contribution is 2.21. The van der Waals surface area contributed by atoms with Crippen molar-refractivity contribution in [3.63, 3.8) is 0 Å². The molecule has 1 heterocycles. The van der Waals surface area contributed by atoms with Crippen molar-refractivity contribution in [3.05, 3.63) is 12.4 Å². The Labute approximate surface area is 159 Å². The summed E-state index contributed by atoms with van der Waals surface area (Å²) in [7, 11) is 2.24. The molecular formula is C23H46N2. The Morgan fingerprint density at radius 3 is 1.64 bits per heavy atom. The van der Waals surface area contributed by atoms with E-state index < -0.39 is 0 Å². The van der Waals surface area contributed by atoms with Gasteiger partial charge in [-0.05, 0) is 19.3 Å². The van der Waals surface area contributed by atoms with Crippen LogP contribution in [0.3, 0.4) is 0 Å². The minimum Gasteiger partial charge on any atom is -0.359 e. The molecule has 0 aliphatic carbocycles. The van der Waals surface area contributed by atoms with E-state index in [0.717, 1.165) is 0 Å². The third-order valence-electron chi connectivity index (χ3n) is 5.68. The molecule has 0 N–H and O–H groups in total. The number of hydrogen-bond donors (Lipinski definition) is 0. The molecule has 0 saturated carbocycles. The zero-order valence-electron chi connectivity index (χ0n) is 17.6.